The average Bonchev–Trinajstić information content (AvgIpc) is 2.91. The number of morpholine rings is 1. The predicted molar refractivity (Wildman–Crippen MR) is 99.0 cm³/mol. The van der Waals surface area contributed by atoms with Crippen molar-refractivity contribution in [1.82, 2.24) is 4.68 Å². The summed E-state index contributed by atoms with van der Waals surface area (Å²) < 4.78 is 13.1. The van der Waals surface area contributed by atoms with Crippen LogP contribution in [0.1, 0.15) is 12.6 Å². The minimum atomic E-state index is 0. The highest BCUT2D eigenvalue weighted by atomic mass is 79.9. The molecule has 0 saturated carbocycles. The second kappa shape index (κ2) is 8.52. The van der Waals surface area contributed by atoms with E-state index >= 15 is 0 Å². The van der Waals surface area contributed by atoms with Crippen LogP contribution < -0.4 is 14.5 Å². The maximum Gasteiger partial charge on any atom is 0.209 e. The van der Waals surface area contributed by atoms with Gasteiger partial charge in [-0.2, -0.15) is 0 Å². The number of nitrogens with zero attached hydrogens (tertiary/aromatic N) is 3. The summed E-state index contributed by atoms with van der Waals surface area (Å²) >= 11 is 1.66. The van der Waals surface area contributed by atoms with Crippen molar-refractivity contribution < 1.29 is 9.47 Å². The second-order valence-electron chi connectivity index (χ2n) is 5.08. The van der Waals surface area contributed by atoms with Gasteiger partial charge in [0.15, 0.2) is 0 Å². The Morgan fingerprint density at radius 1 is 1.22 bits per heavy atom. The summed E-state index contributed by atoms with van der Waals surface area (Å²) in [6.07, 6.45) is 0. The Hall–Kier alpha value is -1.31. The summed E-state index contributed by atoms with van der Waals surface area (Å²) in [6, 6.07) is 7.90. The van der Waals surface area contributed by atoms with E-state index in [9.17, 15) is 0 Å². The zero-order valence-corrected chi connectivity index (χ0v) is 15.9. The summed E-state index contributed by atoms with van der Waals surface area (Å²) in [7, 11) is 0. The highest BCUT2D eigenvalue weighted by Crippen LogP contribution is 2.18. The van der Waals surface area contributed by atoms with Crippen molar-refractivity contribution in [2.24, 2.45) is 4.99 Å². The molecule has 2 heterocycles. The predicted octanol–water partition coefficient (Wildman–Crippen LogP) is 3.04. The number of aryl methyl sites for hydroxylation is 1. The van der Waals surface area contributed by atoms with Crippen molar-refractivity contribution in [3.63, 3.8) is 0 Å². The molecule has 0 amide bonds. The molecule has 1 aliphatic rings. The lowest BCUT2D eigenvalue weighted by atomic mass is 10.3. The molecule has 3 rings (SSSR count). The average molecular weight is 400 g/mol. The molecule has 126 valence electrons. The van der Waals surface area contributed by atoms with Crippen LogP contribution in [0.25, 0.3) is 0 Å². The lowest BCUT2D eigenvalue weighted by Gasteiger charge is -2.30. The number of benzene rings is 1. The van der Waals surface area contributed by atoms with Gasteiger partial charge in [-0.25, -0.2) is 9.67 Å². The number of aromatic nitrogens is 1. The number of rotatable bonds is 4. The van der Waals surface area contributed by atoms with Crippen LogP contribution in [0.15, 0.2) is 34.6 Å². The van der Waals surface area contributed by atoms with E-state index in [-0.39, 0.29) is 17.0 Å². The topological polar surface area (TPSA) is 39.0 Å². The van der Waals surface area contributed by atoms with Crippen LogP contribution in [-0.2, 0) is 4.74 Å². The summed E-state index contributed by atoms with van der Waals surface area (Å²) in [5.74, 6) is 0.880. The Balaban J connectivity index is 0.00000192. The van der Waals surface area contributed by atoms with Gasteiger partial charge >= 0.3 is 0 Å². The van der Waals surface area contributed by atoms with Crippen molar-refractivity contribution in [2.45, 2.75) is 13.8 Å². The fourth-order valence-corrected chi connectivity index (χ4v) is 3.35. The van der Waals surface area contributed by atoms with E-state index < -0.39 is 0 Å². The lowest BCUT2D eigenvalue weighted by Crippen LogP contribution is -2.48. The number of hydrogen-bond acceptors (Lipinski definition) is 5. The van der Waals surface area contributed by atoms with Crippen molar-refractivity contribution in [3.8, 4) is 5.75 Å². The third-order valence-electron chi connectivity index (χ3n) is 3.49. The molecule has 0 spiro atoms. The van der Waals surface area contributed by atoms with E-state index in [1.54, 1.807) is 11.3 Å². The van der Waals surface area contributed by atoms with Gasteiger partial charge in [-0.05, 0) is 38.1 Å². The highest BCUT2D eigenvalue weighted by Gasteiger charge is 2.14. The first-order chi connectivity index (χ1) is 10.8. The molecular formula is C16H22BrN3O2S. The Bertz CT molecular complexity index is 675. The molecule has 1 aromatic carbocycles. The van der Waals surface area contributed by atoms with E-state index in [0.29, 0.717) is 6.61 Å². The fraction of sp³-hybridized carbons (Fsp3) is 0.438. The first-order valence-electron chi connectivity index (χ1n) is 7.55. The van der Waals surface area contributed by atoms with Crippen LogP contribution in [0.2, 0.25) is 0 Å². The molecule has 23 heavy (non-hydrogen) atoms. The zero-order chi connectivity index (χ0) is 15.4. The van der Waals surface area contributed by atoms with Gasteiger partial charge in [0, 0.05) is 11.1 Å². The van der Waals surface area contributed by atoms with Crippen LogP contribution in [0.4, 0.5) is 5.69 Å². The standard InChI is InChI=1S/C16H21N3O2S.BrH/c1-3-21-15-6-4-14(5-7-15)17-16-19(13(2)12-22-16)18-8-10-20-11-9-18;/h4-7,12H,3,8-11H2,1-2H3;1H. The molecule has 0 N–H and O–H groups in total. The molecule has 7 heteroatoms. The van der Waals surface area contributed by atoms with Crippen molar-refractivity contribution >= 4 is 34.0 Å². The number of ether oxygens (including phenoxy) is 2. The summed E-state index contributed by atoms with van der Waals surface area (Å²) in [6.45, 7) is 8.11. The van der Waals surface area contributed by atoms with Crippen LogP contribution in [-0.4, -0.2) is 37.6 Å². The van der Waals surface area contributed by atoms with Crippen molar-refractivity contribution in [1.29, 1.82) is 0 Å². The summed E-state index contributed by atoms with van der Waals surface area (Å²) in [5, 5.41) is 4.44. The first kappa shape index (κ1) is 18.0. The van der Waals surface area contributed by atoms with Gasteiger partial charge in [0.25, 0.3) is 0 Å². The Labute approximate surface area is 150 Å². The molecule has 1 fully saturated rings. The zero-order valence-electron chi connectivity index (χ0n) is 13.4. The molecule has 0 radical (unpaired) electrons. The molecule has 5 nitrogen and oxygen atoms in total. The number of hydrogen-bond donors (Lipinski definition) is 0. The van der Waals surface area contributed by atoms with Crippen LogP contribution in [0, 0.1) is 6.92 Å². The molecule has 1 saturated heterocycles. The van der Waals surface area contributed by atoms with E-state index in [4.69, 9.17) is 14.5 Å². The lowest BCUT2D eigenvalue weighted by molar-refractivity contribution is 0.110. The third kappa shape index (κ3) is 4.37. The minimum absolute atomic E-state index is 0. The summed E-state index contributed by atoms with van der Waals surface area (Å²) in [4.78, 5) is 5.77. The quantitative estimate of drug-likeness (QED) is 0.792. The van der Waals surface area contributed by atoms with Crippen LogP contribution in [0.5, 0.6) is 5.75 Å². The largest absolute Gasteiger partial charge is 0.494 e. The van der Waals surface area contributed by atoms with Gasteiger partial charge < -0.3 is 14.5 Å². The Kier molecular flexibility index (Phi) is 6.68. The molecular weight excluding hydrogens is 378 g/mol. The van der Waals surface area contributed by atoms with Gasteiger partial charge in [0.05, 0.1) is 38.6 Å². The normalized spacial score (nSPS) is 15.4. The van der Waals surface area contributed by atoms with Crippen molar-refractivity contribution in [2.75, 3.05) is 37.9 Å². The first-order valence-corrected chi connectivity index (χ1v) is 8.43. The van der Waals surface area contributed by atoms with Crippen LogP contribution >= 0.6 is 28.3 Å². The molecule has 0 aliphatic carbocycles. The highest BCUT2D eigenvalue weighted by molar-refractivity contribution is 8.93. The number of thiazole rings is 1. The van der Waals surface area contributed by atoms with Gasteiger partial charge in [-0.3, -0.25) is 0 Å². The maximum absolute atomic E-state index is 5.47. The molecule has 0 unspecified atom stereocenters. The van der Waals surface area contributed by atoms with E-state index in [0.717, 1.165) is 42.5 Å². The molecule has 1 aliphatic heterocycles. The smallest absolute Gasteiger partial charge is 0.209 e. The van der Waals surface area contributed by atoms with E-state index in [2.05, 4.69) is 22.0 Å². The number of halogens is 1. The van der Waals surface area contributed by atoms with Gasteiger partial charge in [0.2, 0.25) is 4.80 Å². The van der Waals surface area contributed by atoms with E-state index in [1.165, 1.54) is 5.69 Å². The maximum atomic E-state index is 5.47. The Morgan fingerprint density at radius 3 is 2.57 bits per heavy atom. The van der Waals surface area contributed by atoms with E-state index in [1.807, 2.05) is 31.2 Å². The molecule has 1 aromatic heterocycles. The minimum Gasteiger partial charge on any atom is -0.494 e. The molecule has 0 atom stereocenters. The fourth-order valence-electron chi connectivity index (χ4n) is 2.45. The SMILES string of the molecule is Br.CCOc1ccc(N=c2scc(C)n2N2CCOCC2)cc1. The van der Waals surface area contributed by atoms with Crippen molar-refractivity contribution in [3.05, 3.63) is 40.1 Å². The third-order valence-corrected chi connectivity index (χ3v) is 4.43. The van der Waals surface area contributed by atoms with Gasteiger partial charge in [0.1, 0.15) is 5.75 Å². The van der Waals surface area contributed by atoms with Gasteiger partial charge in [-0.15, -0.1) is 28.3 Å². The Morgan fingerprint density at radius 2 is 1.91 bits per heavy atom. The second-order valence-corrected chi connectivity index (χ2v) is 5.91. The summed E-state index contributed by atoms with van der Waals surface area (Å²) in [5.41, 5.74) is 2.14. The van der Waals surface area contributed by atoms with Crippen LogP contribution in [0.3, 0.4) is 0 Å². The monoisotopic (exact) mass is 399 g/mol. The molecule has 0 bridgehead atoms. The molecule has 2 aromatic rings. The van der Waals surface area contributed by atoms with Gasteiger partial charge in [-0.1, -0.05) is 0 Å².